The first-order chi connectivity index (χ1) is 7.15. The molecule has 0 bridgehead atoms. The van der Waals surface area contributed by atoms with E-state index in [1.165, 1.54) is 12.8 Å². The number of nitrogens with zero attached hydrogens (tertiary/aromatic N) is 2. The first-order valence-electron chi connectivity index (χ1n) is 5.57. The number of rotatable bonds is 6. The van der Waals surface area contributed by atoms with Gasteiger partial charge in [-0.2, -0.15) is 5.10 Å². The van der Waals surface area contributed by atoms with E-state index in [-0.39, 0.29) is 0 Å². The van der Waals surface area contributed by atoms with Gasteiger partial charge in [0.2, 0.25) is 0 Å². The van der Waals surface area contributed by atoms with Gasteiger partial charge in [0.15, 0.2) is 0 Å². The third-order valence-corrected chi connectivity index (χ3v) is 2.83. The Hall–Kier alpha value is -0.540. The number of nitrogens with one attached hydrogen (secondary N) is 1. The van der Waals surface area contributed by atoms with Gasteiger partial charge in [-0.25, -0.2) is 0 Å². The van der Waals surface area contributed by atoms with Crippen LogP contribution in [0.2, 0.25) is 5.02 Å². The van der Waals surface area contributed by atoms with Crippen LogP contribution < -0.4 is 5.32 Å². The van der Waals surface area contributed by atoms with Crippen LogP contribution in [-0.4, -0.2) is 22.9 Å². The maximum atomic E-state index is 5.95. The second-order valence-electron chi connectivity index (χ2n) is 3.95. The van der Waals surface area contributed by atoms with Gasteiger partial charge in [-0.05, 0) is 26.8 Å². The molecule has 1 aromatic heterocycles. The summed E-state index contributed by atoms with van der Waals surface area (Å²) in [6, 6.07) is 0.355. The van der Waals surface area contributed by atoms with Gasteiger partial charge in [0, 0.05) is 12.7 Å². The summed E-state index contributed by atoms with van der Waals surface area (Å²) in [6.07, 6.45) is 4.35. The summed E-state index contributed by atoms with van der Waals surface area (Å²) in [5.74, 6) is 0. The third kappa shape index (κ3) is 3.84. The molecule has 0 spiro atoms. The fraction of sp³-hybridized carbons (Fsp3) is 0.727. The normalized spacial score (nSPS) is 13.1. The highest BCUT2D eigenvalue weighted by Gasteiger charge is 2.07. The highest BCUT2D eigenvalue weighted by molar-refractivity contribution is 6.31. The van der Waals surface area contributed by atoms with Crippen LogP contribution in [0.1, 0.15) is 38.4 Å². The average Bonchev–Trinajstić information content (AvgIpc) is 2.54. The van der Waals surface area contributed by atoms with Crippen molar-refractivity contribution in [2.24, 2.45) is 0 Å². The van der Waals surface area contributed by atoms with E-state index in [0.29, 0.717) is 6.04 Å². The number of aryl methyl sites for hydroxylation is 1. The molecular formula is C11H20ClN3. The molecule has 0 aromatic carbocycles. The largest absolute Gasteiger partial charge is 0.315 e. The van der Waals surface area contributed by atoms with Crippen LogP contribution in [-0.2, 0) is 0 Å². The molecule has 0 saturated heterocycles. The quantitative estimate of drug-likeness (QED) is 0.761. The second-order valence-corrected chi connectivity index (χ2v) is 4.36. The Bertz CT molecular complexity index is 277. The van der Waals surface area contributed by atoms with Crippen LogP contribution in [0.5, 0.6) is 0 Å². The number of unbranched alkanes of at least 4 members (excludes halogenated alkanes) is 1. The molecule has 1 aromatic rings. The smallest absolute Gasteiger partial charge is 0.0815 e. The van der Waals surface area contributed by atoms with E-state index in [1.807, 2.05) is 17.8 Å². The molecule has 3 nitrogen and oxygen atoms in total. The maximum Gasteiger partial charge on any atom is 0.0815 e. The van der Waals surface area contributed by atoms with Crippen molar-refractivity contribution < 1.29 is 0 Å². The van der Waals surface area contributed by atoms with Crippen LogP contribution in [0.4, 0.5) is 0 Å². The van der Waals surface area contributed by atoms with Crippen LogP contribution >= 0.6 is 11.6 Å². The number of hydrogen-bond donors (Lipinski definition) is 1. The van der Waals surface area contributed by atoms with Crippen molar-refractivity contribution in [1.29, 1.82) is 0 Å². The minimum atomic E-state index is 0.355. The standard InChI is InChI=1S/C11H20ClN3/c1-4-5-6-13-7-9(2)15-8-11(12)10(3)14-15/h8-9,13H,4-7H2,1-3H3. The van der Waals surface area contributed by atoms with Gasteiger partial charge < -0.3 is 5.32 Å². The fourth-order valence-corrected chi connectivity index (χ4v) is 1.53. The van der Waals surface area contributed by atoms with Gasteiger partial charge in [-0.1, -0.05) is 24.9 Å². The molecule has 1 unspecified atom stereocenters. The van der Waals surface area contributed by atoms with Crippen molar-refractivity contribution in [3.05, 3.63) is 16.9 Å². The van der Waals surface area contributed by atoms with Crippen molar-refractivity contribution >= 4 is 11.6 Å². The molecule has 0 aliphatic carbocycles. The summed E-state index contributed by atoms with van der Waals surface area (Å²) in [7, 11) is 0. The molecule has 15 heavy (non-hydrogen) atoms. The maximum absolute atomic E-state index is 5.95. The Labute approximate surface area is 96.8 Å². The van der Waals surface area contributed by atoms with E-state index >= 15 is 0 Å². The Morgan fingerprint density at radius 2 is 2.33 bits per heavy atom. The van der Waals surface area contributed by atoms with Gasteiger partial charge in [0.1, 0.15) is 0 Å². The van der Waals surface area contributed by atoms with Gasteiger partial charge in [-0.15, -0.1) is 0 Å². The monoisotopic (exact) mass is 229 g/mol. The first-order valence-corrected chi connectivity index (χ1v) is 5.95. The van der Waals surface area contributed by atoms with Gasteiger partial charge in [0.05, 0.1) is 16.8 Å². The van der Waals surface area contributed by atoms with Crippen LogP contribution in [0.15, 0.2) is 6.20 Å². The summed E-state index contributed by atoms with van der Waals surface area (Å²) in [4.78, 5) is 0. The van der Waals surface area contributed by atoms with E-state index in [4.69, 9.17) is 11.6 Å². The van der Waals surface area contributed by atoms with Crippen molar-refractivity contribution in [3.63, 3.8) is 0 Å². The molecule has 0 aliphatic heterocycles. The molecule has 0 fully saturated rings. The molecule has 1 rings (SSSR count). The van der Waals surface area contributed by atoms with E-state index in [9.17, 15) is 0 Å². The molecule has 0 radical (unpaired) electrons. The third-order valence-electron chi connectivity index (χ3n) is 2.46. The Kier molecular flexibility index (Phi) is 5.12. The van der Waals surface area contributed by atoms with Crippen molar-refractivity contribution in [2.75, 3.05) is 13.1 Å². The lowest BCUT2D eigenvalue weighted by atomic mass is 10.3. The molecule has 0 saturated carbocycles. The lowest BCUT2D eigenvalue weighted by Crippen LogP contribution is -2.24. The summed E-state index contributed by atoms with van der Waals surface area (Å²) >= 11 is 5.95. The van der Waals surface area contributed by atoms with E-state index in [2.05, 4.69) is 24.3 Å². The Morgan fingerprint density at radius 3 is 2.87 bits per heavy atom. The van der Waals surface area contributed by atoms with Crippen LogP contribution in [0, 0.1) is 6.92 Å². The first kappa shape index (κ1) is 12.5. The van der Waals surface area contributed by atoms with Gasteiger partial charge >= 0.3 is 0 Å². The summed E-state index contributed by atoms with van der Waals surface area (Å²) in [5.41, 5.74) is 0.900. The minimum absolute atomic E-state index is 0.355. The van der Waals surface area contributed by atoms with E-state index < -0.39 is 0 Å². The Balaban J connectivity index is 2.36. The lowest BCUT2D eigenvalue weighted by Gasteiger charge is -2.12. The highest BCUT2D eigenvalue weighted by atomic mass is 35.5. The zero-order valence-electron chi connectivity index (χ0n) is 9.76. The predicted molar refractivity (Wildman–Crippen MR) is 64.5 cm³/mol. The zero-order chi connectivity index (χ0) is 11.3. The fourth-order valence-electron chi connectivity index (χ4n) is 1.39. The summed E-state index contributed by atoms with van der Waals surface area (Å²) in [6.45, 7) is 8.28. The number of aromatic nitrogens is 2. The van der Waals surface area contributed by atoms with Crippen molar-refractivity contribution in [1.82, 2.24) is 15.1 Å². The van der Waals surface area contributed by atoms with Crippen LogP contribution in [0.3, 0.4) is 0 Å². The molecule has 0 amide bonds. The summed E-state index contributed by atoms with van der Waals surface area (Å²) < 4.78 is 1.93. The zero-order valence-corrected chi connectivity index (χ0v) is 10.5. The predicted octanol–water partition coefficient (Wildman–Crippen LogP) is 2.80. The van der Waals surface area contributed by atoms with E-state index in [0.717, 1.165) is 23.8 Å². The van der Waals surface area contributed by atoms with E-state index in [1.54, 1.807) is 0 Å². The van der Waals surface area contributed by atoms with Crippen molar-refractivity contribution in [2.45, 2.75) is 39.7 Å². The van der Waals surface area contributed by atoms with Gasteiger partial charge in [0.25, 0.3) is 0 Å². The molecule has 1 atom stereocenters. The summed E-state index contributed by atoms with van der Waals surface area (Å²) in [5, 5.41) is 8.51. The van der Waals surface area contributed by atoms with Crippen molar-refractivity contribution in [3.8, 4) is 0 Å². The average molecular weight is 230 g/mol. The number of hydrogen-bond acceptors (Lipinski definition) is 2. The number of halogens is 1. The second kappa shape index (κ2) is 6.13. The lowest BCUT2D eigenvalue weighted by molar-refractivity contribution is 0.449. The Morgan fingerprint density at radius 1 is 1.60 bits per heavy atom. The molecule has 4 heteroatoms. The molecule has 0 aliphatic rings. The topological polar surface area (TPSA) is 29.9 Å². The molecule has 1 N–H and O–H groups in total. The minimum Gasteiger partial charge on any atom is -0.315 e. The highest BCUT2D eigenvalue weighted by Crippen LogP contribution is 2.15. The molecular weight excluding hydrogens is 210 g/mol. The SMILES string of the molecule is CCCCNCC(C)n1cc(Cl)c(C)n1. The molecule has 86 valence electrons. The van der Waals surface area contributed by atoms with Crippen LogP contribution in [0.25, 0.3) is 0 Å². The molecule has 1 heterocycles. The van der Waals surface area contributed by atoms with Gasteiger partial charge in [-0.3, -0.25) is 4.68 Å².